The Bertz CT molecular complexity index is 1500. The molecule has 0 unspecified atom stereocenters. The number of nitro benzene ring substituents is 1. The normalized spacial score (nSPS) is 20.9. The van der Waals surface area contributed by atoms with Gasteiger partial charge in [-0.05, 0) is 48.5 Å². The van der Waals surface area contributed by atoms with Crippen LogP contribution in [0.25, 0.3) is 11.3 Å². The van der Waals surface area contributed by atoms with E-state index in [1.807, 2.05) is 60.7 Å². The molecule has 0 aliphatic carbocycles. The molecule has 0 N–H and O–H groups in total. The first kappa shape index (κ1) is 23.1. The molecule has 2 amide bonds. The Hall–Kier alpha value is -4.28. The van der Waals surface area contributed by atoms with Crippen molar-refractivity contribution in [3.63, 3.8) is 0 Å². The Morgan fingerprint density at radius 3 is 2.19 bits per heavy atom. The number of non-ortho nitro benzene ring substituents is 1. The minimum Gasteiger partial charge on any atom is -0.459 e. The molecular weight excluding hydrogens is 542 g/mol. The summed E-state index contributed by atoms with van der Waals surface area (Å²) in [6.45, 7) is 0. The van der Waals surface area contributed by atoms with Crippen molar-refractivity contribution >= 4 is 44.8 Å². The van der Waals surface area contributed by atoms with Gasteiger partial charge in [-0.15, -0.1) is 0 Å². The van der Waals surface area contributed by atoms with E-state index in [0.29, 0.717) is 17.2 Å². The SMILES string of the molecule is O=C1[C@@H]2[C@@H](c3ccc(-c4ccc(Br)cc4)o3)N(c3ccccc3)O[C@H]2C(=O)N1c1ccc([N+](=O)[O-])cc1. The molecule has 2 saturated heterocycles. The van der Waals surface area contributed by atoms with Crippen LogP contribution in [0.2, 0.25) is 0 Å². The van der Waals surface area contributed by atoms with Gasteiger partial charge in [-0.25, -0.2) is 9.96 Å². The molecule has 184 valence electrons. The molecule has 10 heteroatoms. The highest BCUT2D eigenvalue weighted by molar-refractivity contribution is 9.10. The molecule has 4 aromatic rings. The first-order chi connectivity index (χ1) is 17.9. The molecule has 3 aromatic carbocycles. The molecule has 1 aromatic heterocycles. The topological polar surface area (TPSA) is 106 Å². The highest BCUT2D eigenvalue weighted by Crippen LogP contribution is 2.48. The van der Waals surface area contributed by atoms with E-state index < -0.39 is 34.8 Å². The number of halogens is 1. The van der Waals surface area contributed by atoms with Gasteiger partial charge >= 0.3 is 0 Å². The summed E-state index contributed by atoms with van der Waals surface area (Å²) in [5.41, 5.74) is 1.64. The Labute approximate surface area is 219 Å². The van der Waals surface area contributed by atoms with Crippen molar-refractivity contribution in [2.24, 2.45) is 5.92 Å². The molecule has 9 nitrogen and oxygen atoms in total. The molecule has 6 rings (SSSR count). The van der Waals surface area contributed by atoms with Crippen LogP contribution in [0.3, 0.4) is 0 Å². The lowest BCUT2D eigenvalue weighted by atomic mass is 9.94. The Kier molecular flexibility index (Phi) is 5.62. The number of imide groups is 1. The van der Waals surface area contributed by atoms with Gasteiger partial charge in [0.25, 0.3) is 11.6 Å². The Morgan fingerprint density at radius 1 is 0.811 bits per heavy atom. The number of furan rings is 1. The number of benzene rings is 3. The fourth-order valence-electron chi connectivity index (χ4n) is 4.76. The summed E-state index contributed by atoms with van der Waals surface area (Å²) in [7, 11) is 0. The highest BCUT2D eigenvalue weighted by atomic mass is 79.9. The molecule has 0 radical (unpaired) electrons. The van der Waals surface area contributed by atoms with E-state index in [9.17, 15) is 19.7 Å². The van der Waals surface area contributed by atoms with Crippen molar-refractivity contribution in [1.29, 1.82) is 0 Å². The predicted octanol–water partition coefficient (Wildman–Crippen LogP) is 5.67. The first-order valence-corrected chi connectivity index (χ1v) is 12.2. The van der Waals surface area contributed by atoms with Gasteiger partial charge in [-0.1, -0.05) is 46.3 Å². The lowest BCUT2D eigenvalue weighted by molar-refractivity contribution is -0.384. The number of fused-ring (bicyclic) bond motifs is 1. The zero-order valence-electron chi connectivity index (χ0n) is 19.1. The van der Waals surface area contributed by atoms with E-state index in [0.717, 1.165) is 14.9 Å². The van der Waals surface area contributed by atoms with Crippen LogP contribution in [0, 0.1) is 16.0 Å². The van der Waals surface area contributed by atoms with Crippen LogP contribution in [-0.2, 0) is 14.4 Å². The number of carbonyl (C=O) groups excluding carboxylic acids is 2. The maximum atomic E-state index is 13.7. The van der Waals surface area contributed by atoms with Gasteiger partial charge in [0.2, 0.25) is 5.91 Å². The molecular formula is C27H18BrN3O6. The number of nitro groups is 1. The second kappa shape index (κ2) is 8.99. The van der Waals surface area contributed by atoms with Crippen molar-refractivity contribution in [2.75, 3.05) is 9.96 Å². The molecule has 3 heterocycles. The first-order valence-electron chi connectivity index (χ1n) is 11.4. The minimum absolute atomic E-state index is 0.136. The second-order valence-corrected chi connectivity index (χ2v) is 9.57. The fourth-order valence-corrected chi connectivity index (χ4v) is 5.03. The number of amides is 2. The smallest absolute Gasteiger partial charge is 0.269 e. The van der Waals surface area contributed by atoms with Gasteiger partial charge in [-0.3, -0.25) is 24.5 Å². The number of hydrogen-bond donors (Lipinski definition) is 0. The van der Waals surface area contributed by atoms with Gasteiger partial charge in [0, 0.05) is 22.2 Å². The van der Waals surface area contributed by atoms with Gasteiger partial charge in [0.1, 0.15) is 23.5 Å². The van der Waals surface area contributed by atoms with Crippen molar-refractivity contribution in [3.8, 4) is 11.3 Å². The average Bonchev–Trinajstić information content (AvgIpc) is 3.60. The van der Waals surface area contributed by atoms with Crippen molar-refractivity contribution in [2.45, 2.75) is 12.1 Å². The molecule has 2 aliphatic rings. The van der Waals surface area contributed by atoms with Gasteiger partial charge in [0.15, 0.2) is 6.10 Å². The average molecular weight is 560 g/mol. The number of hydroxylamine groups is 1. The van der Waals surface area contributed by atoms with E-state index in [-0.39, 0.29) is 11.4 Å². The number of rotatable bonds is 5. The standard InChI is InChI=1S/C27H18BrN3O6/c28-17-8-6-16(7-9-17)21-14-15-22(36-21)24-23-25(37-30(24)19-4-2-1-3-5-19)27(33)29(26(23)32)18-10-12-20(13-11-18)31(34)35/h1-15,23-25H/t23-,24-,25-/m1/s1. The Morgan fingerprint density at radius 2 is 1.51 bits per heavy atom. The van der Waals surface area contributed by atoms with Crippen molar-refractivity contribution in [3.05, 3.63) is 111 Å². The number of carbonyl (C=O) groups is 2. The summed E-state index contributed by atoms with van der Waals surface area (Å²) < 4.78 is 7.16. The van der Waals surface area contributed by atoms with Crippen molar-refractivity contribution < 1.29 is 23.8 Å². The minimum atomic E-state index is -1.07. The van der Waals surface area contributed by atoms with E-state index in [2.05, 4.69) is 15.9 Å². The van der Waals surface area contributed by atoms with Crippen LogP contribution in [-0.4, -0.2) is 22.8 Å². The number of nitrogens with zero attached hydrogens (tertiary/aromatic N) is 3. The van der Waals surface area contributed by atoms with Gasteiger partial charge in [-0.2, -0.15) is 0 Å². The van der Waals surface area contributed by atoms with Crippen LogP contribution in [0.1, 0.15) is 11.8 Å². The third-order valence-corrected chi connectivity index (χ3v) is 7.02. The molecule has 0 spiro atoms. The maximum Gasteiger partial charge on any atom is 0.269 e. The predicted molar refractivity (Wildman–Crippen MR) is 137 cm³/mol. The molecule has 37 heavy (non-hydrogen) atoms. The van der Waals surface area contributed by atoms with E-state index in [4.69, 9.17) is 9.25 Å². The second-order valence-electron chi connectivity index (χ2n) is 8.65. The Balaban J connectivity index is 1.39. The maximum absolute atomic E-state index is 13.7. The zero-order chi connectivity index (χ0) is 25.7. The summed E-state index contributed by atoms with van der Waals surface area (Å²) in [5, 5.41) is 12.6. The summed E-state index contributed by atoms with van der Waals surface area (Å²) >= 11 is 3.43. The van der Waals surface area contributed by atoms with E-state index in [1.165, 1.54) is 24.3 Å². The van der Waals surface area contributed by atoms with Crippen molar-refractivity contribution in [1.82, 2.24) is 0 Å². The lowest BCUT2D eigenvalue weighted by Gasteiger charge is -2.27. The molecule has 2 aliphatic heterocycles. The number of anilines is 2. The van der Waals surface area contributed by atoms with Crippen LogP contribution in [0.4, 0.5) is 17.1 Å². The van der Waals surface area contributed by atoms with E-state index >= 15 is 0 Å². The zero-order valence-corrected chi connectivity index (χ0v) is 20.6. The fraction of sp³-hybridized carbons (Fsp3) is 0.111. The summed E-state index contributed by atoms with van der Waals surface area (Å²) in [6.07, 6.45) is -1.07. The molecule has 3 atom stereocenters. The molecule has 0 bridgehead atoms. The third kappa shape index (κ3) is 3.90. The quantitative estimate of drug-likeness (QED) is 0.176. The van der Waals surface area contributed by atoms with Crippen LogP contribution >= 0.6 is 15.9 Å². The lowest BCUT2D eigenvalue weighted by Crippen LogP contribution is -2.37. The third-order valence-electron chi connectivity index (χ3n) is 6.49. The highest BCUT2D eigenvalue weighted by Gasteiger charge is 2.61. The van der Waals surface area contributed by atoms with Crippen LogP contribution in [0.5, 0.6) is 0 Å². The molecule has 2 fully saturated rings. The van der Waals surface area contributed by atoms with Gasteiger partial charge < -0.3 is 4.42 Å². The summed E-state index contributed by atoms with van der Waals surface area (Å²) in [4.78, 5) is 44.8. The van der Waals surface area contributed by atoms with Gasteiger partial charge in [0.05, 0.1) is 16.3 Å². The summed E-state index contributed by atoms with van der Waals surface area (Å²) in [5.74, 6) is -0.795. The number of hydrogen-bond acceptors (Lipinski definition) is 7. The monoisotopic (exact) mass is 559 g/mol. The summed E-state index contributed by atoms with van der Waals surface area (Å²) in [6, 6.07) is 25.0. The van der Waals surface area contributed by atoms with E-state index in [1.54, 1.807) is 11.1 Å². The largest absolute Gasteiger partial charge is 0.459 e. The van der Waals surface area contributed by atoms with Crippen LogP contribution in [0.15, 0.2) is 99.9 Å². The molecule has 0 saturated carbocycles. The van der Waals surface area contributed by atoms with Crippen LogP contribution < -0.4 is 9.96 Å². The number of para-hydroxylation sites is 1.